The van der Waals surface area contributed by atoms with Gasteiger partial charge in [-0.25, -0.2) is 0 Å². The van der Waals surface area contributed by atoms with Crippen LogP contribution in [0.25, 0.3) is 0 Å². The molecule has 3 rings (SSSR count). The maximum atomic E-state index is 13.1. The van der Waals surface area contributed by atoms with Crippen LogP contribution in [0, 0.1) is 0 Å². The smallest absolute Gasteiger partial charge is 0.293 e. The predicted molar refractivity (Wildman–Crippen MR) is 108 cm³/mol. The third-order valence-electron chi connectivity index (χ3n) is 5.07. The Kier molecular flexibility index (Phi) is 6.01. The number of piperidine rings is 1. The van der Waals surface area contributed by atoms with Crippen molar-refractivity contribution in [3.05, 3.63) is 52.4 Å². The highest BCUT2D eigenvalue weighted by atomic mass is 79.9. The van der Waals surface area contributed by atoms with Crippen molar-refractivity contribution in [2.24, 2.45) is 0 Å². The number of rotatable bonds is 4. The van der Waals surface area contributed by atoms with Crippen molar-refractivity contribution in [2.45, 2.75) is 18.9 Å². The number of benzene rings is 1. The normalized spacial score (nSPS) is 15.2. The van der Waals surface area contributed by atoms with E-state index in [-0.39, 0.29) is 17.6 Å². The van der Waals surface area contributed by atoms with E-state index in [4.69, 9.17) is 4.42 Å². The van der Waals surface area contributed by atoms with E-state index >= 15 is 0 Å². The molecular weight excluding hydrogens is 410 g/mol. The Bertz CT molecular complexity index is 825. The SMILES string of the molecule is CN(C(=O)c1ccc(Br)o1)c1ccccc1C(=O)N1CCC(N(C)C)CC1. The Labute approximate surface area is 167 Å². The minimum atomic E-state index is -0.299. The van der Waals surface area contributed by atoms with Crippen LogP contribution in [-0.2, 0) is 0 Å². The van der Waals surface area contributed by atoms with E-state index in [2.05, 4.69) is 34.9 Å². The highest BCUT2D eigenvalue weighted by Crippen LogP contribution is 2.25. The molecule has 2 heterocycles. The van der Waals surface area contributed by atoms with E-state index in [1.54, 1.807) is 31.3 Å². The molecule has 0 bridgehead atoms. The van der Waals surface area contributed by atoms with Crippen LogP contribution < -0.4 is 4.90 Å². The van der Waals surface area contributed by atoms with Crippen LogP contribution in [-0.4, -0.2) is 61.9 Å². The number of hydrogen-bond acceptors (Lipinski definition) is 4. The first-order valence-electron chi connectivity index (χ1n) is 8.96. The fourth-order valence-electron chi connectivity index (χ4n) is 3.41. The van der Waals surface area contributed by atoms with Gasteiger partial charge in [-0.05, 0) is 67.1 Å². The summed E-state index contributed by atoms with van der Waals surface area (Å²) in [6, 6.07) is 11.0. The van der Waals surface area contributed by atoms with Crippen molar-refractivity contribution in [1.82, 2.24) is 9.80 Å². The molecule has 27 heavy (non-hydrogen) atoms. The molecular formula is C20H24BrN3O3. The van der Waals surface area contributed by atoms with E-state index in [1.807, 2.05) is 17.0 Å². The highest BCUT2D eigenvalue weighted by Gasteiger charge is 2.28. The van der Waals surface area contributed by atoms with Crippen LogP contribution in [0.4, 0.5) is 5.69 Å². The van der Waals surface area contributed by atoms with E-state index in [0.29, 0.717) is 22.0 Å². The third-order valence-corrected chi connectivity index (χ3v) is 5.49. The quantitative estimate of drug-likeness (QED) is 0.740. The second-order valence-electron chi connectivity index (χ2n) is 6.97. The van der Waals surface area contributed by atoms with Crippen LogP contribution in [0.2, 0.25) is 0 Å². The lowest BCUT2D eigenvalue weighted by atomic mass is 10.0. The van der Waals surface area contributed by atoms with Crippen molar-refractivity contribution in [3.8, 4) is 0 Å². The first-order valence-corrected chi connectivity index (χ1v) is 9.76. The Hall–Kier alpha value is -2.12. The van der Waals surface area contributed by atoms with Gasteiger partial charge in [0.1, 0.15) is 0 Å². The average Bonchev–Trinajstić information content (AvgIpc) is 3.12. The number of anilines is 1. The van der Waals surface area contributed by atoms with Gasteiger partial charge in [0, 0.05) is 26.2 Å². The molecule has 6 nitrogen and oxygen atoms in total. The molecule has 1 aromatic carbocycles. The van der Waals surface area contributed by atoms with Crippen LogP contribution in [0.1, 0.15) is 33.8 Å². The molecule has 0 saturated carbocycles. The minimum absolute atomic E-state index is 0.0388. The molecule has 0 atom stereocenters. The summed E-state index contributed by atoms with van der Waals surface area (Å²) in [5, 5.41) is 0. The number of furan rings is 1. The van der Waals surface area contributed by atoms with Gasteiger partial charge in [0.2, 0.25) is 0 Å². The number of nitrogens with zero attached hydrogens (tertiary/aromatic N) is 3. The topological polar surface area (TPSA) is 57.0 Å². The van der Waals surface area contributed by atoms with Gasteiger partial charge in [0.05, 0.1) is 11.3 Å². The molecule has 1 fully saturated rings. The average molecular weight is 434 g/mol. The van der Waals surface area contributed by atoms with Crippen molar-refractivity contribution in [1.29, 1.82) is 0 Å². The van der Waals surface area contributed by atoms with Crippen molar-refractivity contribution >= 4 is 33.4 Å². The summed E-state index contributed by atoms with van der Waals surface area (Å²) in [6.45, 7) is 1.44. The summed E-state index contributed by atoms with van der Waals surface area (Å²) < 4.78 is 5.86. The lowest BCUT2D eigenvalue weighted by Crippen LogP contribution is -2.44. The van der Waals surface area contributed by atoms with Gasteiger partial charge >= 0.3 is 0 Å². The molecule has 7 heteroatoms. The number of hydrogen-bond donors (Lipinski definition) is 0. The fourth-order valence-corrected chi connectivity index (χ4v) is 3.71. The molecule has 1 aromatic heterocycles. The van der Waals surface area contributed by atoms with Crippen LogP contribution in [0.5, 0.6) is 0 Å². The molecule has 2 aromatic rings. The minimum Gasteiger partial charge on any atom is -0.444 e. The van der Waals surface area contributed by atoms with E-state index < -0.39 is 0 Å². The standard InChI is InChI=1S/C20H24BrN3O3/c1-22(2)14-10-12-24(13-11-14)19(25)15-6-4-5-7-16(15)23(3)20(26)17-8-9-18(21)27-17/h4-9,14H,10-13H2,1-3H3. The predicted octanol–water partition coefficient (Wildman–Crippen LogP) is 3.48. The molecule has 0 spiro atoms. The van der Waals surface area contributed by atoms with E-state index in [9.17, 15) is 9.59 Å². The Morgan fingerprint density at radius 3 is 2.33 bits per heavy atom. The van der Waals surface area contributed by atoms with Gasteiger partial charge in [0.15, 0.2) is 10.4 Å². The number of amides is 2. The number of halogens is 1. The fraction of sp³-hybridized carbons (Fsp3) is 0.400. The Morgan fingerprint density at radius 1 is 1.07 bits per heavy atom. The van der Waals surface area contributed by atoms with Crippen LogP contribution in [0.3, 0.4) is 0 Å². The zero-order valence-corrected chi connectivity index (χ0v) is 17.4. The maximum absolute atomic E-state index is 13.1. The zero-order valence-electron chi connectivity index (χ0n) is 15.8. The second kappa shape index (κ2) is 8.27. The maximum Gasteiger partial charge on any atom is 0.293 e. The summed E-state index contributed by atoms with van der Waals surface area (Å²) >= 11 is 3.21. The third kappa shape index (κ3) is 4.25. The van der Waals surface area contributed by atoms with Crippen LogP contribution in [0.15, 0.2) is 45.5 Å². The van der Waals surface area contributed by atoms with Crippen molar-refractivity contribution < 1.29 is 14.0 Å². The number of para-hydroxylation sites is 1. The van der Waals surface area contributed by atoms with Gasteiger partial charge in [-0.15, -0.1) is 0 Å². The van der Waals surface area contributed by atoms with Gasteiger partial charge in [-0.3, -0.25) is 9.59 Å². The van der Waals surface area contributed by atoms with Crippen molar-refractivity contribution in [3.63, 3.8) is 0 Å². The van der Waals surface area contributed by atoms with Gasteiger partial charge in [0.25, 0.3) is 11.8 Å². The first kappa shape index (κ1) is 19.6. The highest BCUT2D eigenvalue weighted by molar-refractivity contribution is 9.10. The molecule has 0 radical (unpaired) electrons. The van der Waals surface area contributed by atoms with Crippen LogP contribution >= 0.6 is 15.9 Å². The van der Waals surface area contributed by atoms with Crippen molar-refractivity contribution in [2.75, 3.05) is 39.1 Å². The molecule has 1 aliphatic heterocycles. The summed E-state index contributed by atoms with van der Waals surface area (Å²) in [4.78, 5) is 31.4. The molecule has 0 N–H and O–H groups in total. The molecule has 1 saturated heterocycles. The Morgan fingerprint density at radius 2 is 1.74 bits per heavy atom. The lowest BCUT2D eigenvalue weighted by Gasteiger charge is -2.35. The number of likely N-dealkylation sites (tertiary alicyclic amines) is 1. The van der Waals surface area contributed by atoms with Gasteiger partial charge in [-0.1, -0.05) is 12.1 Å². The Balaban J connectivity index is 1.79. The molecule has 0 aliphatic carbocycles. The monoisotopic (exact) mass is 433 g/mol. The van der Waals surface area contributed by atoms with E-state index in [1.165, 1.54) is 4.90 Å². The first-order chi connectivity index (χ1) is 12.9. The largest absolute Gasteiger partial charge is 0.444 e. The summed E-state index contributed by atoms with van der Waals surface area (Å²) in [7, 11) is 5.80. The summed E-state index contributed by atoms with van der Waals surface area (Å²) in [5.41, 5.74) is 1.11. The summed E-state index contributed by atoms with van der Waals surface area (Å²) in [6.07, 6.45) is 1.91. The lowest BCUT2D eigenvalue weighted by molar-refractivity contribution is 0.0664. The molecule has 144 valence electrons. The molecule has 1 aliphatic rings. The second-order valence-corrected chi connectivity index (χ2v) is 7.75. The van der Waals surface area contributed by atoms with E-state index in [0.717, 1.165) is 25.9 Å². The zero-order chi connectivity index (χ0) is 19.6. The van der Waals surface area contributed by atoms with Gasteiger partial charge in [-0.2, -0.15) is 0 Å². The molecule has 2 amide bonds. The molecule has 0 unspecified atom stereocenters. The number of carbonyl (C=O) groups is 2. The number of carbonyl (C=O) groups excluding carboxylic acids is 2. The summed E-state index contributed by atoms with van der Waals surface area (Å²) in [5.74, 6) is -0.117. The van der Waals surface area contributed by atoms with Gasteiger partial charge < -0.3 is 19.1 Å².